The molecule has 16 heavy (non-hydrogen) atoms. The van der Waals surface area contributed by atoms with Gasteiger partial charge in [-0.05, 0) is 19.4 Å². The van der Waals surface area contributed by atoms with E-state index < -0.39 is 11.0 Å². The molecule has 0 aliphatic heterocycles. The molecule has 0 saturated carbocycles. The van der Waals surface area contributed by atoms with E-state index >= 15 is 0 Å². The van der Waals surface area contributed by atoms with Crippen molar-refractivity contribution >= 4 is 17.5 Å². The van der Waals surface area contributed by atoms with Crippen LogP contribution >= 0.6 is 0 Å². The summed E-state index contributed by atoms with van der Waals surface area (Å²) in [6, 6.07) is 4.25. The molecule has 0 aromatic heterocycles. The number of nitro benzene ring substituents is 1. The number of non-ortho nitro benzene ring substituents is 1. The van der Waals surface area contributed by atoms with Crippen LogP contribution in [-0.2, 0) is 4.74 Å². The van der Waals surface area contributed by atoms with Crippen LogP contribution in [0, 0.1) is 17.0 Å². The molecular weight excluding hydrogens is 212 g/mol. The fraction of sp³-hybridized carbons (Fsp3) is 0.300. The zero-order valence-corrected chi connectivity index (χ0v) is 9.02. The van der Waals surface area contributed by atoms with Gasteiger partial charge in [0.2, 0.25) is 0 Å². The van der Waals surface area contributed by atoms with E-state index in [-0.39, 0.29) is 12.3 Å². The highest BCUT2D eigenvalue weighted by Crippen LogP contribution is 2.21. The summed E-state index contributed by atoms with van der Waals surface area (Å²) < 4.78 is 4.68. The number of carbonyl (C=O) groups is 1. The number of nitro groups is 1. The number of nitrogens with one attached hydrogen (secondary N) is 1. The zero-order chi connectivity index (χ0) is 12.1. The van der Waals surface area contributed by atoms with Gasteiger partial charge in [-0.3, -0.25) is 15.4 Å². The molecule has 1 N–H and O–H groups in total. The quantitative estimate of drug-likeness (QED) is 0.631. The fourth-order valence-electron chi connectivity index (χ4n) is 1.14. The number of rotatable bonds is 3. The molecule has 6 heteroatoms. The van der Waals surface area contributed by atoms with Crippen molar-refractivity contribution in [1.82, 2.24) is 0 Å². The predicted molar refractivity (Wildman–Crippen MR) is 58.5 cm³/mol. The van der Waals surface area contributed by atoms with Crippen LogP contribution in [-0.4, -0.2) is 17.6 Å². The monoisotopic (exact) mass is 224 g/mol. The van der Waals surface area contributed by atoms with Crippen molar-refractivity contribution in [2.75, 3.05) is 11.9 Å². The minimum atomic E-state index is -0.619. The molecule has 1 aromatic rings. The van der Waals surface area contributed by atoms with E-state index in [1.807, 2.05) is 0 Å². The number of amides is 1. The van der Waals surface area contributed by atoms with Crippen LogP contribution in [0.1, 0.15) is 12.5 Å². The molecule has 0 atom stereocenters. The van der Waals surface area contributed by atoms with Gasteiger partial charge in [-0.1, -0.05) is 6.07 Å². The molecule has 0 spiro atoms. The molecule has 86 valence electrons. The van der Waals surface area contributed by atoms with Gasteiger partial charge < -0.3 is 4.74 Å². The highest BCUT2D eigenvalue weighted by atomic mass is 16.6. The number of ether oxygens (including phenoxy) is 1. The molecule has 0 fully saturated rings. The number of aryl methyl sites for hydroxylation is 1. The summed E-state index contributed by atoms with van der Waals surface area (Å²) in [5.74, 6) is 0. The summed E-state index contributed by atoms with van der Waals surface area (Å²) in [6.45, 7) is 3.67. The van der Waals surface area contributed by atoms with Crippen LogP contribution in [0.4, 0.5) is 16.2 Å². The van der Waals surface area contributed by atoms with E-state index in [2.05, 4.69) is 10.1 Å². The fourth-order valence-corrected chi connectivity index (χ4v) is 1.14. The maximum absolute atomic E-state index is 11.1. The molecule has 0 aliphatic carbocycles. The van der Waals surface area contributed by atoms with Crippen molar-refractivity contribution in [3.8, 4) is 0 Å². The van der Waals surface area contributed by atoms with Gasteiger partial charge in [0.15, 0.2) is 0 Å². The maximum atomic E-state index is 11.1. The lowest BCUT2D eigenvalue weighted by Crippen LogP contribution is -2.14. The first-order valence-electron chi connectivity index (χ1n) is 4.73. The summed E-state index contributed by atoms with van der Waals surface area (Å²) in [6.07, 6.45) is -0.619. The molecular formula is C10H12N2O4. The Hall–Kier alpha value is -2.11. The van der Waals surface area contributed by atoms with Gasteiger partial charge >= 0.3 is 6.09 Å². The van der Waals surface area contributed by atoms with Crippen molar-refractivity contribution < 1.29 is 14.5 Å². The van der Waals surface area contributed by atoms with Crippen LogP contribution in [0.5, 0.6) is 0 Å². The van der Waals surface area contributed by atoms with Gasteiger partial charge in [-0.2, -0.15) is 0 Å². The second-order valence-corrected chi connectivity index (χ2v) is 3.10. The van der Waals surface area contributed by atoms with Crippen LogP contribution in [0.25, 0.3) is 0 Å². The summed E-state index contributed by atoms with van der Waals surface area (Å²) in [5, 5.41) is 13.0. The largest absolute Gasteiger partial charge is 0.450 e. The van der Waals surface area contributed by atoms with Gasteiger partial charge in [0, 0.05) is 12.1 Å². The average molecular weight is 224 g/mol. The van der Waals surface area contributed by atoms with Crippen LogP contribution in [0.3, 0.4) is 0 Å². The van der Waals surface area contributed by atoms with E-state index in [1.165, 1.54) is 12.1 Å². The number of benzene rings is 1. The molecule has 0 saturated heterocycles. The number of nitrogens with zero attached hydrogens (tertiary/aromatic N) is 1. The Labute approximate surface area is 92.4 Å². The van der Waals surface area contributed by atoms with E-state index in [0.29, 0.717) is 5.69 Å². The Morgan fingerprint density at radius 2 is 2.25 bits per heavy atom. The molecule has 1 rings (SSSR count). The average Bonchev–Trinajstić information content (AvgIpc) is 2.21. The van der Waals surface area contributed by atoms with Crippen molar-refractivity contribution in [2.24, 2.45) is 0 Å². The highest BCUT2D eigenvalue weighted by molar-refractivity contribution is 5.86. The van der Waals surface area contributed by atoms with Gasteiger partial charge in [0.05, 0.1) is 17.2 Å². The van der Waals surface area contributed by atoms with Crippen molar-refractivity contribution in [3.63, 3.8) is 0 Å². The van der Waals surface area contributed by atoms with E-state index in [4.69, 9.17) is 0 Å². The van der Waals surface area contributed by atoms with E-state index in [1.54, 1.807) is 19.9 Å². The number of carbonyl (C=O) groups excluding carboxylic acids is 1. The zero-order valence-electron chi connectivity index (χ0n) is 9.02. The Morgan fingerprint density at radius 3 is 2.81 bits per heavy atom. The predicted octanol–water partition coefficient (Wildman–Crippen LogP) is 2.47. The summed E-state index contributed by atoms with van der Waals surface area (Å²) >= 11 is 0. The Kier molecular flexibility index (Phi) is 3.82. The van der Waals surface area contributed by atoms with Crippen LogP contribution in [0.2, 0.25) is 0 Å². The van der Waals surface area contributed by atoms with Gasteiger partial charge in [-0.25, -0.2) is 4.79 Å². The van der Waals surface area contributed by atoms with Crippen molar-refractivity contribution in [2.45, 2.75) is 13.8 Å². The maximum Gasteiger partial charge on any atom is 0.411 e. The third kappa shape index (κ3) is 2.94. The molecule has 0 heterocycles. The van der Waals surface area contributed by atoms with Crippen molar-refractivity contribution in [1.29, 1.82) is 0 Å². The topological polar surface area (TPSA) is 81.5 Å². The summed E-state index contributed by atoms with van der Waals surface area (Å²) in [5.41, 5.74) is 1.05. The van der Waals surface area contributed by atoms with E-state index in [9.17, 15) is 14.9 Å². The first-order chi connectivity index (χ1) is 7.54. The Bertz CT molecular complexity index is 417. The lowest BCUT2D eigenvalue weighted by Gasteiger charge is -2.07. The minimum absolute atomic E-state index is 0.0719. The molecule has 6 nitrogen and oxygen atoms in total. The molecule has 1 aromatic carbocycles. The molecule has 0 aliphatic rings. The number of hydrogen-bond acceptors (Lipinski definition) is 4. The normalized spacial score (nSPS) is 9.62. The molecule has 1 amide bonds. The number of anilines is 1. The van der Waals surface area contributed by atoms with Crippen LogP contribution in [0.15, 0.2) is 18.2 Å². The summed E-state index contributed by atoms with van der Waals surface area (Å²) in [4.78, 5) is 21.2. The molecule has 0 unspecified atom stereocenters. The molecule has 0 bridgehead atoms. The first kappa shape index (κ1) is 12.0. The lowest BCUT2D eigenvalue weighted by molar-refractivity contribution is -0.384. The summed E-state index contributed by atoms with van der Waals surface area (Å²) in [7, 11) is 0. The van der Waals surface area contributed by atoms with Crippen molar-refractivity contribution in [3.05, 3.63) is 33.9 Å². The highest BCUT2D eigenvalue weighted by Gasteiger charge is 2.10. The second-order valence-electron chi connectivity index (χ2n) is 3.10. The lowest BCUT2D eigenvalue weighted by atomic mass is 10.2. The van der Waals surface area contributed by atoms with Gasteiger partial charge in [0.25, 0.3) is 5.69 Å². The van der Waals surface area contributed by atoms with Crippen LogP contribution < -0.4 is 5.32 Å². The number of hydrogen-bond donors (Lipinski definition) is 1. The minimum Gasteiger partial charge on any atom is -0.450 e. The van der Waals surface area contributed by atoms with Gasteiger partial charge in [-0.15, -0.1) is 0 Å². The third-order valence-electron chi connectivity index (χ3n) is 1.94. The van der Waals surface area contributed by atoms with Gasteiger partial charge in [0.1, 0.15) is 0 Å². The Morgan fingerprint density at radius 1 is 1.56 bits per heavy atom. The SMILES string of the molecule is CCOC(=O)Nc1cc([N+](=O)[O-])ccc1C. The third-order valence-corrected chi connectivity index (χ3v) is 1.94. The second kappa shape index (κ2) is 5.11. The molecule has 0 radical (unpaired) electrons. The Balaban J connectivity index is 2.90. The van der Waals surface area contributed by atoms with E-state index in [0.717, 1.165) is 5.56 Å². The smallest absolute Gasteiger partial charge is 0.411 e. The standard InChI is InChI=1S/C10H12N2O4/c1-3-16-10(13)11-9-6-8(12(14)15)5-4-7(9)2/h4-6H,3H2,1-2H3,(H,11,13). The first-order valence-corrected chi connectivity index (χ1v) is 4.73.